The minimum Gasteiger partial charge on any atom is -0.436 e. The van der Waals surface area contributed by atoms with Gasteiger partial charge in [-0.1, -0.05) is 23.2 Å². The van der Waals surface area contributed by atoms with Gasteiger partial charge in [0.15, 0.2) is 5.75 Å². The topological polar surface area (TPSA) is 71.9 Å². The van der Waals surface area contributed by atoms with Crippen LogP contribution < -0.4 is 10.5 Å². The number of nitrogen functional groups attached to an aromatic ring is 1. The lowest BCUT2D eigenvalue weighted by atomic mass is 10.3. The third kappa shape index (κ3) is 2.65. The largest absolute Gasteiger partial charge is 0.436 e. The number of hydrogen-bond donors (Lipinski definition) is 1. The van der Waals surface area contributed by atoms with Gasteiger partial charge in [0, 0.05) is 18.0 Å². The molecule has 0 aliphatic carbocycles. The van der Waals surface area contributed by atoms with Crippen LogP contribution in [0.4, 0.5) is 5.69 Å². The molecule has 18 heavy (non-hydrogen) atoms. The van der Waals surface area contributed by atoms with Crippen LogP contribution in [-0.2, 0) is 0 Å². The molecular weight excluding hydrogens is 273 g/mol. The first-order chi connectivity index (χ1) is 8.60. The van der Waals surface area contributed by atoms with Crippen LogP contribution in [-0.4, -0.2) is 4.98 Å². The van der Waals surface area contributed by atoms with Crippen LogP contribution >= 0.6 is 23.2 Å². The highest BCUT2D eigenvalue weighted by Crippen LogP contribution is 2.37. The number of nitrogens with two attached hydrogens (primary N) is 1. The van der Waals surface area contributed by atoms with Crippen molar-refractivity contribution in [2.75, 3.05) is 5.73 Å². The zero-order chi connectivity index (χ0) is 13.1. The van der Waals surface area contributed by atoms with Crippen LogP contribution in [0, 0.1) is 11.3 Å². The Labute approximate surface area is 114 Å². The summed E-state index contributed by atoms with van der Waals surface area (Å²) in [7, 11) is 0. The minimum atomic E-state index is 0.282. The predicted octanol–water partition coefficient (Wildman–Crippen LogP) is 3.63. The van der Waals surface area contributed by atoms with Crippen LogP contribution in [0.25, 0.3) is 0 Å². The van der Waals surface area contributed by atoms with E-state index in [-0.39, 0.29) is 5.75 Å². The Hall–Kier alpha value is -1.96. The molecule has 0 radical (unpaired) electrons. The Morgan fingerprint density at radius 1 is 1.22 bits per heavy atom. The second-order valence-electron chi connectivity index (χ2n) is 3.41. The number of pyridine rings is 1. The summed E-state index contributed by atoms with van der Waals surface area (Å²) >= 11 is 11.9. The molecule has 0 saturated heterocycles. The zero-order valence-corrected chi connectivity index (χ0v) is 10.5. The third-order valence-electron chi connectivity index (χ3n) is 2.09. The van der Waals surface area contributed by atoms with Crippen molar-refractivity contribution in [1.29, 1.82) is 5.26 Å². The molecule has 2 aromatic rings. The smallest absolute Gasteiger partial charge is 0.219 e. The van der Waals surface area contributed by atoms with Gasteiger partial charge in [0.05, 0.1) is 15.6 Å². The fourth-order valence-electron chi connectivity index (χ4n) is 1.29. The van der Waals surface area contributed by atoms with Gasteiger partial charge in [-0.2, -0.15) is 5.26 Å². The molecule has 1 aromatic heterocycles. The Bertz CT molecular complexity index is 597. The highest BCUT2D eigenvalue weighted by molar-refractivity contribution is 6.37. The molecule has 0 amide bonds. The van der Waals surface area contributed by atoms with Crippen LogP contribution in [0.3, 0.4) is 0 Å². The first-order valence-corrected chi connectivity index (χ1v) is 5.64. The number of anilines is 1. The molecular formula is C12H7Cl2N3O. The van der Waals surface area contributed by atoms with E-state index in [2.05, 4.69) is 4.98 Å². The number of ether oxygens (including phenoxy) is 1. The van der Waals surface area contributed by atoms with Crippen molar-refractivity contribution in [2.45, 2.75) is 0 Å². The summed E-state index contributed by atoms with van der Waals surface area (Å²) in [5, 5.41) is 9.24. The molecule has 0 saturated carbocycles. The first-order valence-electron chi connectivity index (χ1n) is 4.88. The maximum Gasteiger partial charge on any atom is 0.219 e. The molecule has 0 spiro atoms. The molecule has 1 aromatic carbocycles. The number of rotatable bonds is 2. The Kier molecular flexibility index (Phi) is 3.56. The van der Waals surface area contributed by atoms with Gasteiger partial charge < -0.3 is 10.5 Å². The van der Waals surface area contributed by atoms with Gasteiger partial charge in [-0.25, -0.2) is 4.98 Å². The van der Waals surface area contributed by atoms with Crippen LogP contribution in [0.1, 0.15) is 5.56 Å². The lowest BCUT2D eigenvalue weighted by molar-refractivity contribution is 0.463. The average molecular weight is 280 g/mol. The Balaban J connectivity index is 2.31. The lowest BCUT2D eigenvalue weighted by Gasteiger charge is -2.09. The van der Waals surface area contributed by atoms with E-state index in [4.69, 9.17) is 38.9 Å². The monoisotopic (exact) mass is 279 g/mol. The molecule has 2 rings (SSSR count). The van der Waals surface area contributed by atoms with E-state index in [0.29, 0.717) is 27.2 Å². The number of halogens is 2. The number of hydrogen-bond acceptors (Lipinski definition) is 4. The highest BCUT2D eigenvalue weighted by Gasteiger charge is 2.10. The SMILES string of the molecule is N#Cc1ccc(Oc2c(Cl)cc(N)cc2Cl)nc1. The molecule has 0 bridgehead atoms. The van der Waals surface area contributed by atoms with E-state index >= 15 is 0 Å². The second kappa shape index (κ2) is 5.13. The Morgan fingerprint density at radius 2 is 1.89 bits per heavy atom. The van der Waals surface area contributed by atoms with Gasteiger partial charge in [0.2, 0.25) is 5.88 Å². The van der Waals surface area contributed by atoms with E-state index in [1.165, 1.54) is 18.3 Å². The van der Waals surface area contributed by atoms with E-state index in [0.717, 1.165) is 0 Å². The van der Waals surface area contributed by atoms with Gasteiger partial charge in [0.1, 0.15) is 6.07 Å². The zero-order valence-electron chi connectivity index (χ0n) is 9.02. The standard InChI is InChI=1S/C12H7Cl2N3O/c13-9-3-8(16)4-10(14)12(9)18-11-2-1-7(5-15)6-17-11/h1-4,6H,16H2. The molecule has 2 N–H and O–H groups in total. The number of benzene rings is 1. The van der Waals surface area contributed by atoms with Crippen LogP contribution in [0.15, 0.2) is 30.5 Å². The summed E-state index contributed by atoms with van der Waals surface area (Å²) in [6.45, 7) is 0. The average Bonchev–Trinajstić information content (AvgIpc) is 2.34. The summed E-state index contributed by atoms with van der Waals surface area (Å²) in [5.74, 6) is 0.576. The van der Waals surface area contributed by atoms with Gasteiger partial charge >= 0.3 is 0 Å². The summed E-state index contributed by atoms with van der Waals surface area (Å²) in [6, 6.07) is 8.17. The fourth-order valence-corrected chi connectivity index (χ4v) is 1.87. The van der Waals surface area contributed by atoms with Crippen molar-refractivity contribution in [3.63, 3.8) is 0 Å². The maximum atomic E-state index is 8.65. The third-order valence-corrected chi connectivity index (χ3v) is 2.65. The summed E-state index contributed by atoms with van der Waals surface area (Å²) in [5.41, 5.74) is 6.47. The summed E-state index contributed by atoms with van der Waals surface area (Å²) < 4.78 is 5.45. The van der Waals surface area contributed by atoms with Gasteiger partial charge in [-0.15, -0.1) is 0 Å². The molecule has 0 unspecified atom stereocenters. The molecule has 0 fully saturated rings. The van der Waals surface area contributed by atoms with Crippen molar-refractivity contribution >= 4 is 28.9 Å². The van der Waals surface area contributed by atoms with Crippen LogP contribution in [0.2, 0.25) is 10.0 Å². The summed E-state index contributed by atoms with van der Waals surface area (Å²) in [4.78, 5) is 3.96. The lowest BCUT2D eigenvalue weighted by Crippen LogP contribution is -1.92. The molecule has 0 atom stereocenters. The van der Waals surface area contributed by atoms with Gasteiger partial charge in [0.25, 0.3) is 0 Å². The van der Waals surface area contributed by atoms with E-state index in [1.807, 2.05) is 6.07 Å². The predicted molar refractivity (Wildman–Crippen MR) is 69.9 cm³/mol. The molecule has 90 valence electrons. The minimum absolute atomic E-state index is 0.282. The van der Waals surface area contributed by atoms with Crippen molar-refractivity contribution in [2.24, 2.45) is 0 Å². The Morgan fingerprint density at radius 3 is 2.39 bits per heavy atom. The van der Waals surface area contributed by atoms with Crippen molar-refractivity contribution in [1.82, 2.24) is 4.98 Å². The molecule has 6 heteroatoms. The van der Waals surface area contributed by atoms with Crippen molar-refractivity contribution < 1.29 is 4.74 Å². The van der Waals surface area contributed by atoms with Gasteiger partial charge in [-0.05, 0) is 18.2 Å². The highest BCUT2D eigenvalue weighted by atomic mass is 35.5. The maximum absolute atomic E-state index is 8.65. The number of nitrogens with zero attached hydrogens (tertiary/aromatic N) is 2. The normalized spacial score (nSPS) is 9.83. The second-order valence-corrected chi connectivity index (χ2v) is 4.23. The number of aromatic nitrogens is 1. The first kappa shape index (κ1) is 12.5. The van der Waals surface area contributed by atoms with Crippen molar-refractivity contribution in [3.05, 3.63) is 46.1 Å². The fraction of sp³-hybridized carbons (Fsp3) is 0. The quantitative estimate of drug-likeness (QED) is 0.852. The number of nitriles is 1. The van der Waals surface area contributed by atoms with Crippen molar-refractivity contribution in [3.8, 4) is 17.7 Å². The van der Waals surface area contributed by atoms with Crippen LogP contribution in [0.5, 0.6) is 11.6 Å². The molecule has 0 aliphatic rings. The molecule has 4 nitrogen and oxygen atoms in total. The van der Waals surface area contributed by atoms with E-state index in [1.54, 1.807) is 12.1 Å². The van der Waals surface area contributed by atoms with E-state index in [9.17, 15) is 0 Å². The van der Waals surface area contributed by atoms with E-state index < -0.39 is 0 Å². The molecule has 1 heterocycles. The summed E-state index contributed by atoms with van der Waals surface area (Å²) in [6.07, 6.45) is 1.40. The van der Waals surface area contributed by atoms with Gasteiger partial charge in [-0.3, -0.25) is 0 Å². The molecule has 0 aliphatic heterocycles.